The molecular weight excluding hydrogens is 390 g/mol. The minimum Gasteiger partial charge on any atom is -0.359 e. The number of hydrogen-bond donors (Lipinski definition) is 3. The third-order valence-electron chi connectivity index (χ3n) is 4.36. The van der Waals surface area contributed by atoms with Crippen LogP contribution in [0.5, 0.6) is 0 Å². The molecular formula is C21H33N3O4S. The first-order chi connectivity index (χ1) is 13.6. The fourth-order valence-corrected chi connectivity index (χ4v) is 3.66. The maximum Gasteiger partial charge on any atom is 0.348 e. The third-order valence-corrected chi connectivity index (χ3v) is 5.76. The first kappa shape index (κ1) is 25.0. The summed E-state index contributed by atoms with van der Waals surface area (Å²) in [5.74, 6) is -0.679. The molecule has 0 fully saturated rings. The van der Waals surface area contributed by atoms with Gasteiger partial charge in [-0.15, -0.1) is 16.8 Å². The van der Waals surface area contributed by atoms with E-state index < -0.39 is 17.9 Å². The van der Waals surface area contributed by atoms with E-state index in [0.29, 0.717) is 6.42 Å². The number of imide groups is 1. The standard InChI is InChI=1S/C21H33N3O4S/c1-15(2)11-17(19(26)22-5)12-18(25)24(28)20(27)23-14-21(3,4)29-13-16-9-7-6-8-10-16/h6-10,15,17,28H,11-14H2,1-5H3,(H,22,26)(H,23,27)/t17-/m1/s1. The highest BCUT2D eigenvalue weighted by atomic mass is 32.2. The van der Waals surface area contributed by atoms with Gasteiger partial charge in [0.05, 0.1) is 0 Å². The monoisotopic (exact) mass is 423 g/mol. The number of nitrogens with one attached hydrogen (secondary N) is 2. The molecule has 0 saturated heterocycles. The number of hydrogen-bond acceptors (Lipinski definition) is 5. The highest BCUT2D eigenvalue weighted by molar-refractivity contribution is 7.99. The lowest BCUT2D eigenvalue weighted by atomic mass is 9.93. The molecule has 1 atom stereocenters. The quantitative estimate of drug-likeness (QED) is 0.396. The molecule has 7 nitrogen and oxygen atoms in total. The van der Waals surface area contributed by atoms with Gasteiger partial charge < -0.3 is 10.6 Å². The second kappa shape index (κ2) is 11.8. The van der Waals surface area contributed by atoms with Gasteiger partial charge in [0, 0.05) is 36.4 Å². The highest BCUT2D eigenvalue weighted by Gasteiger charge is 2.28. The van der Waals surface area contributed by atoms with Gasteiger partial charge in [-0.05, 0) is 31.7 Å². The molecule has 0 aliphatic rings. The van der Waals surface area contributed by atoms with Gasteiger partial charge in [0.25, 0.3) is 5.91 Å². The maximum absolute atomic E-state index is 12.3. The van der Waals surface area contributed by atoms with Crippen molar-refractivity contribution in [3.05, 3.63) is 35.9 Å². The molecule has 0 aliphatic carbocycles. The Morgan fingerprint density at radius 1 is 1.17 bits per heavy atom. The van der Waals surface area contributed by atoms with E-state index in [9.17, 15) is 19.6 Å². The van der Waals surface area contributed by atoms with Gasteiger partial charge in [0.2, 0.25) is 5.91 Å². The number of carbonyl (C=O) groups excluding carboxylic acids is 3. The van der Waals surface area contributed by atoms with Crippen molar-refractivity contribution in [2.75, 3.05) is 13.6 Å². The largest absolute Gasteiger partial charge is 0.359 e. The fraction of sp³-hybridized carbons (Fsp3) is 0.571. The highest BCUT2D eigenvalue weighted by Crippen LogP contribution is 2.27. The van der Waals surface area contributed by atoms with Gasteiger partial charge in [-0.1, -0.05) is 44.2 Å². The third kappa shape index (κ3) is 9.32. The fourth-order valence-electron chi connectivity index (χ4n) is 2.73. The van der Waals surface area contributed by atoms with Crippen LogP contribution in [-0.4, -0.2) is 46.5 Å². The summed E-state index contributed by atoms with van der Waals surface area (Å²) in [6.07, 6.45) is 0.262. The molecule has 0 unspecified atom stereocenters. The Labute approximate surface area is 177 Å². The van der Waals surface area contributed by atoms with Crippen LogP contribution in [0.2, 0.25) is 0 Å². The molecule has 0 spiro atoms. The molecule has 0 heterocycles. The number of benzene rings is 1. The number of hydroxylamine groups is 2. The zero-order valence-corrected chi connectivity index (χ0v) is 18.7. The molecule has 0 bridgehead atoms. The van der Waals surface area contributed by atoms with Gasteiger partial charge >= 0.3 is 6.03 Å². The predicted molar refractivity (Wildman–Crippen MR) is 115 cm³/mol. The molecule has 1 aromatic carbocycles. The van der Waals surface area contributed by atoms with Crippen molar-refractivity contribution in [1.29, 1.82) is 0 Å². The van der Waals surface area contributed by atoms with E-state index in [0.717, 1.165) is 5.75 Å². The number of urea groups is 1. The first-order valence-corrected chi connectivity index (χ1v) is 10.7. The molecule has 8 heteroatoms. The van der Waals surface area contributed by atoms with E-state index in [2.05, 4.69) is 10.6 Å². The SMILES string of the molecule is CNC(=O)[C@@H](CC(=O)N(O)C(=O)NCC(C)(C)SCc1ccccc1)CC(C)C. The average molecular weight is 424 g/mol. The van der Waals surface area contributed by atoms with Crippen molar-refractivity contribution in [3.63, 3.8) is 0 Å². The Hall–Kier alpha value is -2.06. The summed E-state index contributed by atoms with van der Waals surface area (Å²) in [4.78, 5) is 36.4. The van der Waals surface area contributed by atoms with Crippen LogP contribution in [0, 0.1) is 11.8 Å². The molecule has 4 amide bonds. The minimum absolute atomic E-state index is 0.0776. The average Bonchev–Trinajstić information content (AvgIpc) is 2.69. The molecule has 0 radical (unpaired) electrons. The lowest BCUT2D eigenvalue weighted by Crippen LogP contribution is -2.46. The van der Waals surface area contributed by atoms with E-state index in [1.165, 1.54) is 12.6 Å². The first-order valence-electron chi connectivity index (χ1n) is 9.75. The zero-order chi connectivity index (χ0) is 22.0. The van der Waals surface area contributed by atoms with Gasteiger partial charge in [0.1, 0.15) is 0 Å². The van der Waals surface area contributed by atoms with Crippen LogP contribution in [0.3, 0.4) is 0 Å². The lowest BCUT2D eigenvalue weighted by molar-refractivity contribution is -0.155. The summed E-state index contributed by atoms with van der Waals surface area (Å²) in [6.45, 7) is 8.12. The van der Waals surface area contributed by atoms with Crippen LogP contribution in [0.4, 0.5) is 4.79 Å². The van der Waals surface area contributed by atoms with Crippen molar-refractivity contribution in [3.8, 4) is 0 Å². The second-order valence-electron chi connectivity index (χ2n) is 8.04. The molecule has 162 valence electrons. The van der Waals surface area contributed by atoms with E-state index in [1.807, 2.05) is 58.0 Å². The molecule has 1 rings (SSSR count). The lowest BCUT2D eigenvalue weighted by Gasteiger charge is -2.26. The zero-order valence-electron chi connectivity index (χ0n) is 17.9. The summed E-state index contributed by atoms with van der Waals surface area (Å²) >= 11 is 1.67. The van der Waals surface area contributed by atoms with Crippen molar-refractivity contribution in [2.45, 2.75) is 51.0 Å². The minimum atomic E-state index is -0.886. The summed E-state index contributed by atoms with van der Waals surface area (Å²) in [7, 11) is 1.50. The van der Waals surface area contributed by atoms with Gasteiger partial charge in [-0.2, -0.15) is 0 Å². The molecule has 3 N–H and O–H groups in total. The van der Waals surface area contributed by atoms with Crippen molar-refractivity contribution in [1.82, 2.24) is 15.7 Å². The van der Waals surface area contributed by atoms with Crippen molar-refractivity contribution >= 4 is 29.6 Å². The summed E-state index contributed by atoms with van der Waals surface area (Å²) in [6, 6.07) is 9.10. The number of carbonyl (C=O) groups is 3. The van der Waals surface area contributed by atoms with Crippen LogP contribution in [0.15, 0.2) is 30.3 Å². The smallest absolute Gasteiger partial charge is 0.348 e. The van der Waals surface area contributed by atoms with Gasteiger partial charge in [-0.25, -0.2) is 4.79 Å². The van der Waals surface area contributed by atoms with Crippen LogP contribution < -0.4 is 10.6 Å². The predicted octanol–water partition coefficient (Wildman–Crippen LogP) is 3.42. The molecule has 29 heavy (non-hydrogen) atoms. The molecule has 0 saturated carbocycles. The van der Waals surface area contributed by atoms with Crippen LogP contribution in [0.25, 0.3) is 0 Å². The van der Waals surface area contributed by atoms with Gasteiger partial charge in [0.15, 0.2) is 0 Å². The normalized spacial score (nSPS) is 12.4. The molecule has 1 aromatic rings. The second-order valence-corrected chi connectivity index (χ2v) is 9.73. The Bertz CT molecular complexity index is 680. The summed E-state index contributed by atoms with van der Waals surface area (Å²) in [5.41, 5.74) is 1.18. The van der Waals surface area contributed by atoms with Crippen LogP contribution >= 0.6 is 11.8 Å². The Morgan fingerprint density at radius 3 is 2.34 bits per heavy atom. The Balaban J connectivity index is 2.54. The molecule has 0 aliphatic heterocycles. The van der Waals surface area contributed by atoms with Gasteiger partial charge in [-0.3, -0.25) is 14.8 Å². The summed E-state index contributed by atoms with van der Waals surface area (Å²) < 4.78 is -0.294. The van der Waals surface area contributed by atoms with Crippen LogP contribution in [-0.2, 0) is 15.3 Å². The van der Waals surface area contributed by atoms with Crippen molar-refractivity contribution in [2.24, 2.45) is 11.8 Å². The van der Waals surface area contributed by atoms with E-state index in [4.69, 9.17) is 0 Å². The summed E-state index contributed by atoms with van der Waals surface area (Å²) in [5, 5.41) is 15.2. The van der Waals surface area contributed by atoms with Crippen molar-refractivity contribution < 1.29 is 19.6 Å². The van der Waals surface area contributed by atoms with Crippen LogP contribution in [0.1, 0.15) is 46.1 Å². The Morgan fingerprint density at radius 2 is 1.79 bits per heavy atom. The number of thioether (sulfide) groups is 1. The molecule has 0 aromatic heterocycles. The van der Waals surface area contributed by atoms with E-state index in [1.54, 1.807) is 11.8 Å². The Kier molecular flexibility index (Phi) is 10.2. The number of amides is 4. The maximum atomic E-state index is 12.3. The van der Waals surface area contributed by atoms with E-state index >= 15 is 0 Å². The number of rotatable bonds is 10. The number of nitrogens with zero attached hydrogens (tertiary/aromatic N) is 1. The topological polar surface area (TPSA) is 98.7 Å². The van der Waals surface area contributed by atoms with E-state index in [-0.39, 0.29) is 34.6 Å².